The van der Waals surface area contributed by atoms with Crippen LogP contribution in [-0.4, -0.2) is 79.6 Å². The second-order valence-corrected chi connectivity index (χ2v) is 12.3. The number of ether oxygens (including phenoxy) is 2. The summed E-state index contributed by atoms with van der Waals surface area (Å²) >= 11 is 0. The quantitative estimate of drug-likeness (QED) is 0.309. The second-order valence-electron chi connectivity index (χ2n) is 12.3. The molecule has 2 aromatic carbocycles. The molecule has 11 heteroatoms. The zero-order valence-corrected chi connectivity index (χ0v) is 24.8. The Labute approximate surface area is 250 Å². The van der Waals surface area contributed by atoms with Crippen molar-refractivity contribution in [1.29, 1.82) is 0 Å². The second kappa shape index (κ2) is 11.8. The average Bonchev–Trinajstić information content (AvgIpc) is 3.38. The predicted molar refractivity (Wildman–Crippen MR) is 163 cm³/mol. The van der Waals surface area contributed by atoms with E-state index in [-0.39, 0.29) is 12.1 Å². The van der Waals surface area contributed by atoms with Crippen LogP contribution < -0.4 is 10.5 Å². The zero-order chi connectivity index (χ0) is 30.1. The summed E-state index contributed by atoms with van der Waals surface area (Å²) in [6, 6.07) is 16.9. The van der Waals surface area contributed by atoms with Gasteiger partial charge in [-0.1, -0.05) is 18.2 Å². The molecule has 2 aromatic heterocycles. The molecule has 0 bridgehead atoms. The number of likely N-dealkylation sites (tertiary alicyclic amines) is 2. The summed E-state index contributed by atoms with van der Waals surface area (Å²) < 4.78 is 29.1. The predicted octanol–water partition coefficient (Wildman–Crippen LogP) is 5.85. The number of rotatable bonds is 5. The highest BCUT2D eigenvalue weighted by Gasteiger charge is 2.37. The van der Waals surface area contributed by atoms with Gasteiger partial charge in [0.1, 0.15) is 41.1 Å². The van der Waals surface area contributed by atoms with Gasteiger partial charge in [-0.25, -0.2) is 23.8 Å². The van der Waals surface area contributed by atoms with E-state index in [0.29, 0.717) is 54.3 Å². The monoisotopic (exact) mass is 587 g/mol. The number of nitrogens with zero attached hydrogens (tertiary/aromatic N) is 6. The number of hydrogen-bond donors (Lipinski definition) is 1. The van der Waals surface area contributed by atoms with Crippen molar-refractivity contribution in [2.24, 2.45) is 0 Å². The lowest BCUT2D eigenvalue weighted by atomic mass is 9.97. The Morgan fingerprint density at radius 1 is 0.953 bits per heavy atom. The number of halogens is 1. The minimum absolute atomic E-state index is 0.220. The average molecular weight is 588 g/mol. The van der Waals surface area contributed by atoms with E-state index >= 15 is 4.39 Å². The summed E-state index contributed by atoms with van der Waals surface area (Å²) in [4.78, 5) is 25.1. The molecule has 2 atom stereocenters. The van der Waals surface area contributed by atoms with Crippen molar-refractivity contribution >= 4 is 22.9 Å². The van der Waals surface area contributed by atoms with E-state index < -0.39 is 17.8 Å². The first-order valence-corrected chi connectivity index (χ1v) is 14.8. The number of nitrogens with two attached hydrogens (primary N) is 1. The van der Waals surface area contributed by atoms with Gasteiger partial charge in [-0.05, 0) is 76.4 Å². The number of hydrogen-bond acceptors (Lipinski definition) is 8. The fourth-order valence-electron chi connectivity index (χ4n) is 6.00. The van der Waals surface area contributed by atoms with E-state index in [9.17, 15) is 4.79 Å². The summed E-state index contributed by atoms with van der Waals surface area (Å²) in [5, 5.41) is 5.50. The van der Waals surface area contributed by atoms with Crippen LogP contribution in [-0.2, 0) is 4.74 Å². The molecule has 4 heterocycles. The fourth-order valence-corrected chi connectivity index (χ4v) is 6.00. The first kappa shape index (κ1) is 28.9. The lowest BCUT2D eigenvalue weighted by molar-refractivity contribution is 0.00441. The number of nitrogen functional groups attached to an aromatic ring is 1. The molecule has 0 aliphatic carbocycles. The van der Waals surface area contributed by atoms with Crippen LogP contribution in [0.5, 0.6) is 11.5 Å². The van der Waals surface area contributed by atoms with E-state index in [4.69, 9.17) is 20.3 Å². The van der Waals surface area contributed by atoms with Crippen LogP contribution in [0.25, 0.3) is 22.3 Å². The third-order valence-electron chi connectivity index (χ3n) is 8.11. The van der Waals surface area contributed by atoms with Gasteiger partial charge in [0.25, 0.3) is 0 Å². The molecule has 0 radical (unpaired) electrons. The van der Waals surface area contributed by atoms with Crippen molar-refractivity contribution in [3.05, 3.63) is 60.9 Å². The molecule has 2 aliphatic rings. The minimum atomic E-state index is -1.15. The van der Waals surface area contributed by atoms with Crippen LogP contribution in [0.1, 0.15) is 46.1 Å². The maximum Gasteiger partial charge on any atom is 0.410 e. The smallest absolute Gasteiger partial charge is 0.410 e. The molecule has 43 heavy (non-hydrogen) atoms. The van der Waals surface area contributed by atoms with Gasteiger partial charge < -0.3 is 20.1 Å². The van der Waals surface area contributed by atoms with Gasteiger partial charge in [0.15, 0.2) is 5.65 Å². The van der Waals surface area contributed by atoms with E-state index in [1.165, 1.54) is 6.33 Å². The molecule has 0 saturated carbocycles. The van der Waals surface area contributed by atoms with Crippen LogP contribution in [0.3, 0.4) is 0 Å². The van der Waals surface area contributed by atoms with Crippen molar-refractivity contribution in [3.63, 3.8) is 0 Å². The molecular weight excluding hydrogens is 549 g/mol. The molecule has 2 saturated heterocycles. The van der Waals surface area contributed by atoms with Crippen LogP contribution in [0.4, 0.5) is 15.0 Å². The SMILES string of the molecule is CC(C)(C)OC(=O)N1CCC(N2CCC(n3nc(-c4ccc(Oc5ccccc5)cc4)c4c(N)ncnc43)C(F)C2)CC1. The summed E-state index contributed by atoms with van der Waals surface area (Å²) in [7, 11) is 0. The van der Waals surface area contributed by atoms with E-state index in [2.05, 4.69) is 14.9 Å². The standard InChI is InChI=1S/C32H38FN7O3/c1-32(2,3)43-31(41)38-16-13-22(14-17-38)39-18-15-26(25(33)19-39)40-30-27(29(34)35-20-36-30)28(37-40)21-9-11-24(12-10-21)42-23-7-5-4-6-8-23/h4-12,20,22,25-26H,13-19H2,1-3H3,(H2,34,35,36). The largest absolute Gasteiger partial charge is 0.457 e. The number of aromatic nitrogens is 4. The molecule has 226 valence electrons. The maximum absolute atomic E-state index is 16.0. The minimum Gasteiger partial charge on any atom is -0.457 e. The molecule has 4 aromatic rings. The van der Waals surface area contributed by atoms with Crippen LogP contribution in [0.2, 0.25) is 0 Å². The van der Waals surface area contributed by atoms with E-state index in [1.54, 1.807) is 9.58 Å². The Kier molecular flexibility index (Phi) is 7.91. The number of fused-ring (bicyclic) bond motifs is 1. The Morgan fingerprint density at radius 2 is 1.65 bits per heavy atom. The topological polar surface area (TPSA) is 112 Å². The van der Waals surface area contributed by atoms with Gasteiger partial charge in [0.05, 0.1) is 11.4 Å². The van der Waals surface area contributed by atoms with Gasteiger partial charge in [0.2, 0.25) is 0 Å². The van der Waals surface area contributed by atoms with Crippen molar-refractivity contribution in [1.82, 2.24) is 29.5 Å². The van der Waals surface area contributed by atoms with Crippen LogP contribution in [0, 0.1) is 0 Å². The Hall–Kier alpha value is -4.25. The molecule has 2 aliphatic heterocycles. The summed E-state index contributed by atoms with van der Waals surface area (Å²) in [6.45, 7) is 7.84. The van der Waals surface area contributed by atoms with Gasteiger partial charge in [-0.15, -0.1) is 0 Å². The third-order valence-corrected chi connectivity index (χ3v) is 8.11. The van der Waals surface area contributed by atoms with E-state index in [1.807, 2.05) is 75.4 Å². The van der Waals surface area contributed by atoms with Gasteiger partial charge in [-0.3, -0.25) is 4.90 Å². The highest BCUT2D eigenvalue weighted by Crippen LogP contribution is 2.36. The molecule has 2 unspecified atom stereocenters. The number of amides is 1. The summed E-state index contributed by atoms with van der Waals surface area (Å²) in [6.07, 6.45) is 2.13. The normalized spacial score (nSPS) is 20.3. The van der Waals surface area contributed by atoms with Gasteiger partial charge >= 0.3 is 6.09 Å². The van der Waals surface area contributed by atoms with Crippen molar-refractivity contribution in [3.8, 4) is 22.8 Å². The number of carbonyl (C=O) groups is 1. The highest BCUT2D eigenvalue weighted by molar-refractivity contribution is 5.98. The van der Waals surface area contributed by atoms with Crippen molar-refractivity contribution in [2.45, 2.75) is 63.9 Å². The maximum atomic E-state index is 16.0. The number of piperidine rings is 2. The zero-order valence-electron chi connectivity index (χ0n) is 24.8. The number of para-hydroxylation sites is 1. The molecule has 6 rings (SSSR count). The number of benzene rings is 2. The molecule has 10 nitrogen and oxygen atoms in total. The van der Waals surface area contributed by atoms with Crippen LogP contribution >= 0.6 is 0 Å². The lowest BCUT2D eigenvalue weighted by Crippen LogP contribution is -2.52. The van der Waals surface area contributed by atoms with E-state index in [0.717, 1.165) is 30.7 Å². The first-order valence-electron chi connectivity index (χ1n) is 14.8. The third kappa shape index (κ3) is 6.27. The summed E-state index contributed by atoms with van der Waals surface area (Å²) in [5.41, 5.74) is 7.75. The molecule has 2 N–H and O–H groups in total. The number of alkyl halides is 1. The first-order chi connectivity index (χ1) is 20.7. The molecular formula is C32H38FN7O3. The van der Waals surface area contributed by atoms with Gasteiger partial charge in [-0.2, -0.15) is 5.10 Å². The Balaban J connectivity index is 1.16. The number of carbonyl (C=O) groups excluding carboxylic acids is 1. The lowest BCUT2D eigenvalue weighted by Gasteiger charge is -2.43. The van der Waals surface area contributed by atoms with Crippen LogP contribution in [0.15, 0.2) is 60.9 Å². The molecule has 1 amide bonds. The highest BCUT2D eigenvalue weighted by atomic mass is 19.1. The summed E-state index contributed by atoms with van der Waals surface area (Å²) in [5.74, 6) is 1.74. The number of anilines is 1. The molecule has 2 fully saturated rings. The Morgan fingerprint density at radius 3 is 2.33 bits per heavy atom. The van der Waals surface area contributed by atoms with Crippen molar-refractivity contribution in [2.75, 3.05) is 31.9 Å². The Bertz CT molecular complexity index is 1560. The van der Waals surface area contributed by atoms with Gasteiger partial charge in [0, 0.05) is 37.8 Å². The van der Waals surface area contributed by atoms with Crippen molar-refractivity contribution < 1.29 is 18.7 Å². The molecule has 0 spiro atoms. The fraction of sp³-hybridized carbons (Fsp3) is 0.438.